The monoisotopic (exact) mass is 812 g/mol. The summed E-state index contributed by atoms with van der Waals surface area (Å²) in [4.78, 5) is 43.1. The number of methoxy groups -OCH3 is 1. The molecule has 2 aromatic carbocycles. The number of ether oxygens (including phenoxy) is 7. The van der Waals surface area contributed by atoms with Crippen molar-refractivity contribution in [3.05, 3.63) is 57.6 Å². The van der Waals surface area contributed by atoms with Gasteiger partial charge in [-0.3, -0.25) is 14.4 Å². The minimum absolute atomic E-state index is 0.0367. The predicted molar refractivity (Wildman–Crippen MR) is 204 cm³/mol. The largest absolute Gasteiger partial charge is 0.507 e. The first-order valence-electron chi connectivity index (χ1n) is 20.1. The van der Waals surface area contributed by atoms with Gasteiger partial charge in [-0.05, 0) is 71.8 Å². The van der Waals surface area contributed by atoms with E-state index in [2.05, 4.69) is 0 Å². The molecule has 3 saturated heterocycles. The van der Waals surface area contributed by atoms with Gasteiger partial charge >= 0.3 is 5.97 Å². The maximum atomic E-state index is 13.9. The van der Waals surface area contributed by atoms with E-state index in [-0.39, 0.29) is 77.3 Å². The first-order chi connectivity index (χ1) is 27.5. The van der Waals surface area contributed by atoms with Crippen LogP contribution < -0.4 is 5.73 Å². The Kier molecular flexibility index (Phi) is 12.1. The van der Waals surface area contributed by atoms with Crippen molar-refractivity contribution in [2.24, 2.45) is 5.73 Å². The van der Waals surface area contributed by atoms with Crippen molar-refractivity contribution in [3.63, 3.8) is 0 Å². The van der Waals surface area contributed by atoms with Crippen molar-refractivity contribution in [2.45, 2.75) is 151 Å². The van der Waals surface area contributed by atoms with Gasteiger partial charge in [0.05, 0.1) is 54.4 Å². The average molecular weight is 813 g/mol. The Morgan fingerprint density at radius 2 is 1.55 bits per heavy atom. The van der Waals surface area contributed by atoms with Crippen LogP contribution in [0.2, 0.25) is 0 Å². The first-order valence-corrected chi connectivity index (χ1v) is 20.1. The third-order valence-corrected chi connectivity index (χ3v) is 12.7. The molecule has 16 heteroatoms. The zero-order valence-corrected chi connectivity index (χ0v) is 34.0. The van der Waals surface area contributed by atoms with Crippen molar-refractivity contribution in [3.8, 4) is 11.5 Å². The number of carbonyl (C=O) groups excluding carboxylic acids is 3. The standard InChI is InChI=1S/C42H56N2O14/c1-8-42(51)17-28(33-22(35(42)41(50)52-7)14-23-34(38(33)49)37(48)32-21(36(23)47)10-9-11-26(32)45)56-30-15-25(44(5)6)39(19(3)54-30)58-31-16-27(46)40(20(4)55-31)57-29-13-12-24(43)18(2)53-29/h9-11,14,18-20,24-25,27-31,35,39-40,45-46,49,51H,8,12-13,15-17,43H2,1-7H3. The summed E-state index contributed by atoms with van der Waals surface area (Å²) < 4.78 is 43.1. The number of ketones is 2. The topological polar surface area (TPSA) is 226 Å². The van der Waals surface area contributed by atoms with Crippen molar-refractivity contribution in [1.82, 2.24) is 4.90 Å². The lowest BCUT2D eigenvalue weighted by Crippen LogP contribution is -2.58. The molecule has 318 valence electrons. The Morgan fingerprint density at radius 3 is 2.19 bits per heavy atom. The molecule has 0 aromatic heterocycles. The maximum absolute atomic E-state index is 13.9. The van der Waals surface area contributed by atoms with E-state index in [1.54, 1.807) is 6.92 Å². The highest BCUT2D eigenvalue weighted by atomic mass is 16.7. The summed E-state index contributed by atoms with van der Waals surface area (Å²) in [6, 6.07) is 5.08. The van der Waals surface area contributed by atoms with Gasteiger partial charge in [-0.1, -0.05) is 19.1 Å². The Labute approximate surface area is 337 Å². The van der Waals surface area contributed by atoms with E-state index in [1.165, 1.54) is 31.4 Å². The van der Waals surface area contributed by atoms with Crippen LogP contribution in [0.15, 0.2) is 24.3 Å². The Balaban J connectivity index is 1.13. The van der Waals surface area contributed by atoms with E-state index in [4.69, 9.17) is 38.9 Å². The molecule has 2 aliphatic carbocycles. The van der Waals surface area contributed by atoms with Gasteiger partial charge in [-0.25, -0.2) is 0 Å². The number of nitrogens with two attached hydrogens (primary N) is 1. The summed E-state index contributed by atoms with van der Waals surface area (Å²) in [5.41, 5.74) is 3.65. The Bertz CT molecular complexity index is 1890. The molecule has 14 atom stereocenters. The Hall–Kier alpha value is -3.55. The number of nitrogens with zero attached hydrogens (tertiary/aromatic N) is 1. The zero-order chi connectivity index (χ0) is 42.0. The highest BCUT2D eigenvalue weighted by Gasteiger charge is 2.53. The summed E-state index contributed by atoms with van der Waals surface area (Å²) in [7, 11) is 4.95. The number of aliphatic hydroxyl groups is 2. The van der Waals surface area contributed by atoms with E-state index in [1.807, 2.05) is 39.8 Å². The summed E-state index contributed by atoms with van der Waals surface area (Å²) in [6.45, 7) is 7.24. The molecule has 6 N–H and O–H groups in total. The number of hydrogen-bond donors (Lipinski definition) is 5. The lowest BCUT2D eigenvalue weighted by molar-refractivity contribution is -0.326. The van der Waals surface area contributed by atoms with Crippen LogP contribution in [0.4, 0.5) is 0 Å². The van der Waals surface area contributed by atoms with E-state index in [0.29, 0.717) is 6.42 Å². The summed E-state index contributed by atoms with van der Waals surface area (Å²) in [5, 5.41) is 45.9. The van der Waals surface area contributed by atoms with Crippen LogP contribution in [0.5, 0.6) is 11.5 Å². The fourth-order valence-corrected chi connectivity index (χ4v) is 9.41. The van der Waals surface area contributed by atoms with Gasteiger partial charge in [0.2, 0.25) is 5.78 Å². The predicted octanol–water partition coefficient (Wildman–Crippen LogP) is 2.92. The van der Waals surface area contributed by atoms with Gasteiger partial charge in [0.15, 0.2) is 24.7 Å². The second-order valence-corrected chi connectivity index (χ2v) is 16.6. The number of benzene rings is 2. The third-order valence-electron chi connectivity index (χ3n) is 12.7. The van der Waals surface area contributed by atoms with Gasteiger partial charge in [0, 0.05) is 48.0 Å². The maximum Gasteiger partial charge on any atom is 0.316 e. The molecular weight excluding hydrogens is 756 g/mol. The number of carbonyl (C=O) groups is 3. The van der Waals surface area contributed by atoms with Gasteiger partial charge in [-0.15, -0.1) is 0 Å². The molecule has 14 unspecified atom stereocenters. The minimum atomic E-state index is -1.75. The molecule has 0 bridgehead atoms. The van der Waals surface area contributed by atoms with E-state index >= 15 is 0 Å². The lowest BCUT2D eigenvalue weighted by atomic mass is 9.67. The molecule has 5 aliphatic rings. The molecular formula is C42H56N2O14. The SMILES string of the molecule is CCC1(O)CC(OC2CC(N(C)C)C(OC3CC(O)C(OC4CCC(N)C(C)O4)C(C)O3)C(C)O2)c2c(cc3c(c2O)C(=O)c2c(O)cccc2C3=O)C1C(=O)OC. The number of hydrogen-bond acceptors (Lipinski definition) is 16. The molecule has 3 aliphatic heterocycles. The van der Waals surface area contributed by atoms with Crippen LogP contribution in [0.1, 0.15) is 121 Å². The molecule has 3 fully saturated rings. The molecule has 0 amide bonds. The first kappa shape index (κ1) is 42.6. The van der Waals surface area contributed by atoms with E-state index in [0.717, 1.165) is 6.42 Å². The molecule has 0 radical (unpaired) electrons. The zero-order valence-electron chi connectivity index (χ0n) is 34.0. The number of phenols is 2. The molecule has 58 heavy (non-hydrogen) atoms. The number of likely N-dealkylation sites (N-methyl/N-ethyl adjacent to an activating group) is 1. The highest BCUT2D eigenvalue weighted by Crippen LogP contribution is 2.54. The summed E-state index contributed by atoms with van der Waals surface area (Å²) in [6.07, 6.45) is -5.08. The normalized spacial score (nSPS) is 37.5. The van der Waals surface area contributed by atoms with Crippen LogP contribution >= 0.6 is 0 Å². The van der Waals surface area contributed by atoms with Crippen molar-refractivity contribution < 1.29 is 68.0 Å². The third kappa shape index (κ3) is 7.57. The summed E-state index contributed by atoms with van der Waals surface area (Å²) >= 11 is 0. The van der Waals surface area contributed by atoms with E-state index < -0.39 is 96.0 Å². The average Bonchev–Trinajstić information content (AvgIpc) is 3.17. The Morgan fingerprint density at radius 1 is 0.897 bits per heavy atom. The molecule has 0 spiro atoms. The van der Waals surface area contributed by atoms with Crippen LogP contribution in [0, 0.1) is 0 Å². The molecule has 7 rings (SSSR count). The number of rotatable bonds is 9. The van der Waals surface area contributed by atoms with Crippen molar-refractivity contribution in [1.29, 1.82) is 0 Å². The molecule has 3 heterocycles. The van der Waals surface area contributed by atoms with Gasteiger partial charge in [0.1, 0.15) is 29.6 Å². The number of esters is 1. The van der Waals surface area contributed by atoms with Crippen molar-refractivity contribution in [2.75, 3.05) is 21.2 Å². The fraction of sp³-hybridized carbons (Fsp3) is 0.643. The van der Waals surface area contributed by atoms with Crippen LogP contribution in [0.3, 0.4) is 0 Å². The van der Waals surface area contributed by atoms with Gasteiger partial charge in [-0.2, -0.15) is 0 Å². The van der Waals surface area contributed by atoms with Crippen LogP contribution in [0.25, 0.3) is 0 Å². The van der Waals surface area contributed by atoms with E-state index in [9.17, 15) is 34.8 Å². The smallest absolute Gasteiger partial charge is 0.316 e. The second kappa shape index (κ2) is 16.5. The number of aromatic hydroxyl groups is 2. The summed E-state index contributed by atoms with van der Waals surface area (Å²) in [5.74, 6) is -4.55. The molecule has 16 nitrogen and oxygen atoms in total. The molecule has 2 aromatic rings. The second-order valence-electron chi connectivity index (χ2n) is 16.6. The number of fused-ring (bicyclic) bond motifs is 3. The van der Waals surface area contributed by atoms with Crippen LogP contribution in [-0.4, -0.2) is 137 Å². The number of aliphatic hydroxyl groups excluding tert-OH is 1. The van der Waals surface area contributed by atoms with Crippen molar-refractivity contribution >= 4 is 17.5 Å². The number of phenolic OH excluding ortho intramolecular Hbond substituents is 2. The molecule has 0 saturated carbocycles. The lowest BCUT2D eigenvalue weighted by Gasteiger charge is -2.48. The fourth-order valence-electron chi connectivity index (χ4n) is 9.41. The minimum Gasteiger partial charge on any atom is -0.507 e. The highest BCUT2D eigenvalue weighted by molar-refractivity contribution is 6.30. The van der Waals surface area contributed by atoms with Gasteiger partial charge in [0.25, 0.3) is 0 Å². The van der Waals surface area contributed by atoms with Crippen LogP contribution in [-0.2, 0) is 38.0 Å². The quantitative estimate of drug-likeness (QED) is 0.196. The van der Waals surface area contributed by atoms with Gasteiger partial charge < -0.3 is 64.2 Å².